The monoisotopic (exact) mass is 294 g/mol. The second-order valence-electron chi connectivity index (χ2n) is 4.56. The van der Waals surface area contributed by atoms with Gasteiger partial charge >= 0.3 is 0 Å². The molecule has 0 aliphatic carbocycles. The van der Waals surface area contributed by atoms with Crippen molar-refractivity contribution in [3.63, 3.8) is 0 Å². The molecule has 1 N–H and O–H groups in total. The molecule has 0 saturated heterocycles. The van der Waals surface area contributed by atoms with E-state index in [2.05, 4.69) is 0 Å². The number of fused-ring (bicyclic) bond motifs is 1. The Hall–Kier alpha value is -1.22. The lowest BCUT2D eigenvalue weighted by molar-refractivity contribution is 0.0493. The summed E-state index contributed by atoms with van der Waals surface area (Å²) in [5, 5.41) is 11.3. The van der Waals surface area contributed by atoms with Crippen LogP contribution in [0.3, 0.4) is 0 Å². The van der Waals surface area contributed by atoms with Crippen molar-refractivity contribution >= 4 is 23.2 Å². The number of aliphatic hydroxyl groups excluding tert-OH is 1. The SMILES string of the molecule is OC(c1cccc(Cl)c1Cl)C1Cc2ccccc2O1. The van der Waals surface area contributed by atoms with Gasteiger partial charge in [-0.3, -0.25) is 0 Å². The third-order valence-electron chi connectivity index (χ3n) is 3.32. The van der Waals surface area contributed by atoms with Gasteiger partial charge in [0.25, 0.3) is 0 Å². The van der Waals surface area contributed by atoms with Crippen LogP contribution in [0.1, 0.15) is 17.2 Å². The van der Waals surface area contributed by atoms with Crippen LogP contribution in [0.25, 0.3) is 0 Å². The van der Waals surface area contributed by atoms with Crippen LogP contribution in [0, 0.1) is 0 Å². The molecule has 0 bridgehead atoms. The van der Waals surface area contributed by atoms with E-state index < -0.39 is 6.10 Å². The van der Waals surface area contributed by atoms with Gasteiger partial charge in [0.15, 0.2) is 0 Å². The molecular weight excluding hydrogens is 283 g/mol. The van der Waals surface area contributed by atoms with Crippen molar-refractivity contribution in [2.45, 2.75) is 18.6 Å². The molecule has 1 heterocycles. The van der Waals surface area contributed by atoms with Crippen molar-refractivity contribution in [2.24, 2.45) is 0 Å². The smallest absolute Gasteiger partial charge is 0.133 e. The molecule has 0 spiro atoms. The highest BCUT2D eigenvalue weighted by Crippen LogP contribution is 2.37. The molecule has 2 atom stereocenters. The predicted octanol–water partition coefficient (Wildman–Crippen LogP) is 4.03. The van der Waals surface area contributed by atoms with Gasteiger partial charge in [-0.1, -0.05) is 53.5 Å². The first-order valence-electron chi connectivity index (χ1n) is 6.03. The normalized spacial score (nSPS) is 18.8. The molecule has 1 aliphatic heterocycles. The maximum absolute atomic E-state index is 10.4. The van der Waals surface area contributed by atoms with Crippen LogP contribution < -0.4 is 4.74 Å². The summed E-state index contributed by atoms with van der Waals surface area (Å²) in [6.45, 7) is 0. The van der Waals surface area contributed by atoms with Crippen LogP contribution in [0.5, 0.6) is 5.75 Å². The van der Waals surface area contributed by atoms with Crippen molar-refractivity contribution in [1.82, 2.24) is 0 Å². The topological polar surface area (TPSA) is 29.5 Å². The standard InChI is InChI=1S/C15H12Cl2O2/c16-11-6-3-5-10(14(11)17)15(18)13-8-9-4-1-2-7-12(9)19-13/h1-7,13,15,18H,8H2. The summed E-state index contributed by atoms with van der Waals surface area (Å²) in [7, 11) is 0. The maximum Gasteiger partial charge on any atom is 0.133 e. The molecule has 0 aromatic heterocycles. The van der Waals surface area contributed by atoms with Crippen molar-refractivity contribution < 1.29 is 9.84 Å². The van der Waals surface area contributed by atoms with Crippen LogP contribution in [0.4, 0.5) is 0 Å². The maximum atomic E-state index is 10.4. The zero-order valence-corrected chi connectivity index (χ0v) is 11.5. The molecule has 1 aliphatic rings. The fourth-order valence-corrected chi connectivity index (χ4v) is 2.75. The average Bonchev–Trinajstić information content (AvgIpc) is 2.85. The van der Waals surface area contributed by atoms with E-state index in [1.54, 1.807) is 18.2 Å². The van der Waals surface area contributed by atoms with E-state index in [4.69, 9.17) is 27.9 Å². The zero-order valence-electron chi connectivity index (χ0n) is 10.0. The third-order valence-corrected chi connectivity index (χ3v) is 4.16. The van der Waals surface area contributed by atoms with E-state index in [1.807, 2.05) is 24.3 Å². The van der Waals surface area contributed by atoms with Gasteiger partial charge in [-0.15, -0.1) is 0 Å². The predicted molar refractivity (Wildman–Crippen MR) is 76.0 cm³/mol. The third kappa shape index (κ3) is 2.32. The van der Waals surface area contributed by atoms with Gasteiger partial charge in [-0.25, -0.2) is 0 Å². The molecule has 19 heavy (non-hydrogen) atoms. The molecular formula is C15H12Cl2O2. The summed E-state index contributed by atoms with van der Waals surface area (Å²) in [6, 6.07) is 13.0. The van der Waals surface area contributed by atoms with Crippen LogP contribution in [-0.4, -0.2) is 11.2 Å². The second-order valence-corrected chi connectivity index (χ2v) is 5.34. The van der Waals surface area contributed by atoms with E-state index in [0.717, 1.165) is 11.3 Å². The first kappa shape index (κ1) is 12.8. The Balaban J connectivity index is 1.87. The minimum Gasteiger partial charge on any atom is -0.487 e. The lowest BCUT2D eigenvalue weighted by Gasteiger charge is -2.19. The Morgan fingerprint density at radius 1 is 1.11 bits per heavy atom. The molecule has 4 heteroatoms. The zero-order chi connectivity index (χ0) is 13.4. The van der Waals surface area contributed by atoms with Crippen molar-refractivity contribution in [3.8, 4) is 5.75 Å². The molecule has 0 radical (unpaired) electrons. The van der Waals surface area contributed by atoms with Gasteiger partial charge in [-0.05, 0) is 17.7 Å². The van der Waals surface area contributed by atoms with Crippen LogP contribution in [0.15, 0.2) is 42.5 Å². The lowest BCUT2D eigenvalue weighted by Crippen LogP contribution is -2.23. The lowest BCUT2D eigenvalue weighted by atomic mass is 10.0. The quantitative estimate of drug-likeness (QED) is 0.906. The summed E-state index contributed by atoms with van der Waals surface area (Å²) in [6.07, 6.45) is -0.452. The number of halogens is 2. The number of rotatable bonds is 2. The van der Waals surface area contributed by atoms with Crippen LogP contribution >= 0.6 is 23.2 Å². The fourth-order valence-electron chi connectivity index (χ4n) is 2.33. The van der Waals surface area contributed by atoms with Crippen LogP contribution in [0.2, 0.25) is 10.0 Å². The van der Waals surface area contributed by atoms with Gasteiger partial charge in [0.2, 0.25) is 0 Å². The molecule has 2 aromatic rings. The molecule has 2 aromatic carbocycles. The van der Waals surface area contributed by atoms with Gasteiger partial charge in [-0.2, -0.15) is 0 Å². The highest BCUT2D eigenvalue weighted by atomic mass is 35.5. The van der Waals surface area contributed by atoms with Crippen molar-refractivity contribution in [2.75, 3.05) is 0 Å². The van der Waals surface area contributed by atoms with Crippen molar-refractivity contribution in [3.05, 3.63) is 63.6 Å². The Kier molecular flexibility index (Phi) is 3.40. The number of benzene rings is 2. The van der Waals surface area contributed by atoms with E-state index in [-0.39, 0.29) is 6.10 Å². The summed E-state index contributed by atoms with van der Waals surface area (Å²) in [4.78, 5) is 0. The largest absolute Gasteiger partial charge is 0.487 e. The molecule has 2 nitrogen and oxygen atoms in total. The minimum atomic E-state index is -0.793. The van der Waals surface area contributed by atoms with Gasteiger partial charge in [0.05, 0.1) is 10.0 Å². The summed E-state index contributed by atoms with van der Waals surface area (Å²) in [5.74, 6) is 0.824. The Morgan fingerprint density at radius 3 is 2.68 bits per heavy atom. The number of hydrogen-bond acceptors (Lipinski definition) is 2. The van der Waals surface area contributed by atoms with Gasteiger partial charge in [0.1, 0.15) is 18.0 Å². The minimum absolute atomic E-state index is 0.326. The second kappa shape index (κ2) is 5.04. The van der Waals surface area contributed by atoms with Gasteiger partial charge < -0.3 is 9.84 Å². The first-order valence-corrected chi connectivity index (χ1v) is 6.79. The van der Waals surface area contributed by atoms with Gasteiger partial charge in [0, 0.05) is 12.0 Å². The summed E-state index contributed by atoms with van der Waals surface area (Å²) < 4.78 is 5.77. The molecule has 2 unspecified atom stereocenters. The number of para-hydroxylation sites is 1. The number of ether oxygens (including phenoxy) is 1. The molecule has 0 fully saturated rings. The molecule has 0 amide bonds. The fraction of sp³-hybridized carbons (Fsp3) is 0.200. The molecule has 3 rings (SSSR count). The average molecular weight is 295 g/mol. The Morgan fingerprint density at radius 2 is 1.89 bits per heavy atom. The van der Waals surface area contributed by atoms with E-state index >= 15 is 0 Å². The first-order chi connectivity index (χ1) is 9.16. The number of hydrogen-bond donors (Lipinski definition) is 1. The highest BCUT2D eigenvalue weighted by Gasteiger charge is 2.31. The number of aliphatic hydroxyl groups is 1. The summed E-state index contributed by atoms with van der Waals surface area (Å²) >= 11 is 12.1. The summed E-state index contributed by atoms with van der Waals surface area (Å²) in [5.41, 5.74) is 1.71. The van der Waals surface area contributed by atoms with E-state index in [1.165, 1.54) is 0 Å². The van der Waals surface area contributed by atoms with Crippen molar-refractivity contribution in [1.29, 1.82) is 0 Å². The van der Waals surface area contributed by atoms with E-state index in [9.17, 15) is 5.11 Å². The van der Waals surface area contributed by atoms with E-state index in [0.29, 0.717) is 22.0 Å². The molecule has 98 valence electrons. The van der Waals surface area contributed by atoms with Crippen LogP contribution in [-0.2, 0) is 6.42 Å². The highest BCUT2D eigenvalue weighted by molar-refractivity contribution is 6.42. The molecule has 0 saturated carbocycles. The Labute approximate surface area is 121 Å². The Bertz CT molecular complexity index is 588.